The third-order valence-corrected chi connectivity index (χ3v) is 3.31. The van der Waals surface area contributed by atoms with E-state index in [1.54, 1.807) is 19.3 Å². The summed E-state index contributed by atoms with van der Waals surface area (Å²) in [6, 6.07) is 5.31. The molecule has 0 saturated carbocycles. The molecule has 0 bridgehead atoms. The maximum atomic E-state index is 13.7. The summed E-state index contributed by atoms with van der Waals surface area (Å²) in [5.41, 5.74) is 0.816. The maximum Gasteiger partial charge on any atom is 0.129 e. The molecule has 0 aliphatic rings. The normalized spacial score (nSPS) is 12.4. The fraction of sp³-hybridized carbons (Fsp3) is 0.214. The molecule has 0 amide bonds. The van der Waals surface area contributed by atoms with E-state index >= 15 is 0 Å². The van der Waals surface area contributed by atoms with Crippen molar-refractivity contribution < 1.29 is 8.78 Å². The van der Waals surface area contributed by atoms with Crippen molar-refractivity contribution in [3.63, 3.8) is 0 Å². The van der Waals surface area contributed by atoms with Crippen LogP contribution in [0.1, 0.15) is 17.2 Å². The zero-order valence-corrected chi connectivity index (χ0v) is 11.1. The second-order valence-electron chi connectivity index (χ2n) is 4.14. The van der Waals surface area contributed by atoms with E-state index in [0.29, 0.717) is 5.02 Å². The van der Waals surface area contributed by atoms with Gasteiger partial charge < -0.3 is 5.32 Å². The van der Waals surface area contributed by atoms with Crippen LogP contribution in [-0.2, 0) is 6.42 Å². The zero-order chi connectivity index (χ0) is 13.8. The SMILES string of the molecule is CNC(Cc1c(F)cccc1F)c1ccncc1Cl. The standard InChI is InChI=1S/C14H13ClF2N2/c1-18-14(9-5-6-19-8-11(9)15)7-10-12(16)3-2-4-13(10)17/h2-6,8,14,18H,7H2,1H3. The lowest BCUT2D eigenvalue weighted by atomic mass is 9.99. The highest BCUT2D eigenvalue weighted by Gasteiger charge is 2.18. The van der Waals surface area contributed by atoms with E-state index in [2.05, 4.69) is 10.3 Å². The molecule has 2 aromatic rings. The van der Waals surface area contributed by atoms with Gasteiger partial charge in [-0.15, -0.1) is 0 Å². The van der Waals surface area contributed by atoms with Crippen LogP contribution in [0, 0.1) is 11.6 Å². The Hall–Kier alpha value is -1.52. The predicted octanol–water partition coefficient (Wildman–Crippen LogP) is 3.52. The molecule has 5 heteroatoms. The van der Waals surface area contributed by atoms with Gasteiger partial charge in [0, 0.05) is 24.0 Å². The van der Waals surface area contributed by atoms with E-state index in [1.165, 1.54) is 24.4 Å². The van der Waals surface area contributed by atoms with Gasteiger partial charge in [0.05, 0.1) is 5.02 Å². The Kier molecular flexibility index (Phi) is 4.45. The van der Waals surface area contributed by atoms with E-state index in [4.69, 9.17) is 11.6 Å². The smallest absolute Gasteiger partial charge is 0.129 e. The molecular formula is C14H13ClF2N2. The van der Waals surface area contributed by atoms with Gasteiger partial charge in [-0.1, -0.05) is 17.7 Å². The van der Waals surface area contributed by atoms with Crippen molar-refractivity contribution in [1.29, 1.82) is 0 Å². The van der Waals surface area contributed by atoms with Crippen molar-refractivity contribution in [2.24, 2.45) is 0 Å². The van der Waals surface area contributed by atoms with Gasteiger partial charge in [-0.3, -0.25) is 4.98 Å². The van der Waals surface area contributed by atoms with Crippen LogP contribution in [0.25, 0.3) is 0 Å². The number of benzene rings is 1. The molecule has 19 heavy (non-hydrogen) atoms. The monoisotopic (exact) mass is 282 g/mol. The summed E-state index contributed by atoms with van der Waals surface area (Å²) in [7, 11) is 1.72. The Bertz CT molecular complexity index is 555. The van der Waals surface area contributed by atoms with Crippen LogP contribution in [0.15, 0.2) is 36.7 Å². The van der Waals surface area contributed by atoms with Crippen LogP contribution >= 0.6 is 11.6 Å². The largest absolute Gasteiger partial charge is 0.313 e. The molecule has 0 saturated heterocycles. The summed E-state index contributed by atoms with van der Waals surface area (Å²) in [5, 5.41) is 3.49. The maximum absolute atomic E-state index is 13.7. The van der Waals surface area contributed by atoms with Crippen molar-refractivity contribution >= 4 is 11.6 Å². The number of pyridine rings is 1. The fourth-order valence-corrected chi connectivity index (χ4v) is 2.22. The average Bonchev–Trinajstić information content (AvgIpc) is 2.40. The molecule has 2 nitrogen and oxygen atoms in total. The van der Waals surface area contributed by atoms with Crippen LogP contribution in [0.3, 0.4) is 0 Å². The highest BCUT2D eigenvalue weighted by molar-refractivity contribution is 6.31. The van der Waals surface area contributed by atoms with Crippen molar-refractivity contribution in [2.45, 2.75) is 12.5 Å². The number of nitrogens with zero attached hydrogens (tertiary/aromatic N) is 1. The molecule has 2 rings (SSSR count). The summed E-state index contributed by atoms with van der Waals surface area (Å²) in [5.74, 6) is -1.10. The van der Waals surface area contributed by atoms with Gasteiger partial charge in [0.2, 0.25) is 0 Å². The minimum atomic E-state index is -0.551. The van der Waals surface area contributed by atoms with Crippen molar-refractivity contribution in [1.82, 2.24) is 10.3 Å². The summed E-state index contributed by atoms with van der Waals surface area (Å²) in [6.07, 6.45) is 3.29. The van der Waals surface area contributed by atoms with E-state index in [1.807, 2.05) is 0 Å². The molecular weight excluding hydrogens is 270 g/mol. The first-order valence-corrected chi connectivity index (χ1v) is 6.21. The van der Waals surface area contributed by atoms with Crippen LogP contribution in [0.5, 0.6) is 0 Å². The Labute approximate surface area is 115 Å². The lowest BCUT2D eigenvalue weighted by Crippen LogP contribution is -2.20. The highest BCUT2D eigenvalue weighted by Crippen LogP contribution is 2.26. The van der Waals surface area contributed by atoms with Crippen molar-refractivity contribution in [3.05, 3.63) is 64.4 Å². The lowest BCUT2D eigenvalue weighted by Gasteiger charge is -2.18. The first kappa shape index (κ1) is 13.9. The third kappa shape index (κ3) is 3.08. The molecule has 1 aromatic heterocycles. The summed E-state index contributed by atoms with van der Waals surface area (Å²) < 4.78 is 27.3. The molecule has 0 radical (unpaired) electrons. The number of halogens is 3. The highest BCUT2D eigenvalue weighted by atomic mass is 35.5. The molecule has 0 aliphatic heterocycles. The van der Waals surface area contributed by atoms with E-state index in [-0.39, 0.29) is 18.0 Å². The van der Waals surface area contributed by atoms with Crippen LogP contribution < -0.4 is 5.32 Å². The van der Waals surface area contributed by atoms with Gasteiger partial charge in [0.1, 0.15) is 11.6 Å². The molecule has 0 aliphatic carbocycles. The second kappa shape index (κ2) is 6.08. The van der Waals surface area contributed by atoms with Crippen LogP contribution in [0.4, 0.5) is 8.78 Å². The number of hydrogen-bond acceptors (Lipinski definition) is 2. The Balaban J connectivity index is 2.32. The van der Waals surface area contributed by atoms with E-state index < -0.39 is 11.6 Å². The Morgan fingerprint density at radius 2 is 1.95 bits per heavy atom. The van der Waals surface area contributed by atoms with Crippen molar-refractivity contribution in [3.8, 4) is 0 Å². The van der Waals surface area contributed by atoms with E-state index in [9.17, 15) is 8.78 Å². The second-order valence-corrected chi connectivity index (χ2v) is 4.55. The molecule has 1 aromatic carbocycles. The van der Waals surface area contributed by atoms with Crippen LogP contribution in [0.2, 0.25) is 5.02 Å². The zero-order valence-electron chi connectivity index (χ0n) is 10.3. The van der Waals surface area contributed by atoms with Crippen LogP contribution in [-0.4, -0.2) is 12.0 Å². The first-order chi connectivity index (χ1) is 9.13. The Morgan fingerprint density at radius 1 is 1.26 bits per heavy atom. The number of nitrogens with one attached hydrogen (secondary N) is 1. The average molecular weight is 283 g/mol. The summed E-state index contributed by atoms with van der Waals surface area (Å²) in [6.45, 7) is 0. The summed E-state index contributed by atoms with van der Waals surface area (Å²) in [4.78, 5) is 3.90. The fourth-order valence-electron chi connectivity index (χ4n) is 1.97. The molecule has 0 spiro atoms. The number of hydrogen-bond donors (Lipinski definition) is 1. The topological polar surface area (TPSA) is 24.9 Å². The molecule has 0 fully saturated rings. The quantitative estimate of drug-likeness (QED) is 0.928. The molecule has 1 N–H and O–H groups in total. The van der Waals surface area contributed by atoms with Gasteiger partial charge >= 0.3 is 0 Å². The lowest BCUT2D eigenvalue weighted by molar-refractivity contribution is 0.515. The number of rotatable bonds is 4. The van der Waals surface area contributed by atoms with Gasteiger partial charge in [-0.25, -0.2) is 8.78 Å². The molecule has 100 valence electrons. The van der Waals surface area contributed by atoms with Gasteiger partial charge in [0.25, 0.3) is 0 Å². The van der Waals surface area contributed by atoms with Gasteiger partial charge in [-0.05, 0) is 37.2 Å². The number of likely N-dealkylation sites (N-methyl/N-ethyl adjacent to an activating group) is 1. The van der Waals surface area contributed by atoms with E-state index in [0.717, 1.165) is 5.56 Å². The van der Waals surface area contributed by atoms with Gasteiger partial charge in [0.15, 0.2) is 0 Å². The minimum absolute atomic E-state index is 0.0507. The molecule has 1 atom stereocenters. The Morgan fingerprint density at radius 3 is 2.53 bits per heavy atom. The molecule has 1 unspecified atom stereocenters. The minimum Gasteiger partial charge on any atom is -0.313 e. The molecule has 1 heterocycles. The van der Waals surface area contributed by atoms with Crippen molar-refractivity contribution in [2.75, 3.05) is 7.05 Å². The van der Waals surface area contributed by atoms with Gasteiger partial charge in [-0.2, -0.15) is 0 Å². The predicted molar refractivity (Wildman–Crippen MR) is 71.1 cm³/mol. The third-order valence-electron chi connectivity index (χ3n) is 3.00. The summed E-state index contributed by atoms with van der Waals surface area (Å²) >= 11 is 6.05. The first-order valence-electron chi connectivity index (χ1n) is 5.83. The number of aromatic nitrogens is 1.